The largest absolute Gasteiger partial charge is 0.481 e. The summed E-state index contributed by atoms with van der Waals surface area (Å²) in [7, 11) is -3.83. The van der Waals surface area contributed by atoms with Gasteiger partial charge in [0, 0.05) is 17.3 Å². The minimum atomic E-state index is -3.83. The Balaban J connectivity index is 2.10. The van der Waals surface area contributed by atoms with Crippen LogP contribution in [-0.4, -0.2) is 32.3 Å². The Morgan fingerprint density at radius 3 is 2.21 bits per heavy atom. The number of amides is 1. The number of benzene rings is 2. The molecule has 0 bridgehead atoms. The Kier molecular flexibility index (Phi) is 6.80. The molecule has 1 amide bonds. The molecule has 0 spiro atoms. The maximum absolute atomic E-state index is 12.5. The number of nitrogens with one attached hydrogen (secondary N) is 2. The molecule has 2 N–H and O–H groups in total. The molecule has 7 nitrogen and oxygen atoms in total. The molecule has 28 heavy (non-hydrogen) atoms. The summed E-state index contributed by atoms with van der Waals surface area (Å²) in [5.41, 5.74) is 0.713. The normalized spacial score (nSPS) is 12.3. The summed E-state index contributed by atoms with van der Waals surface area (Å²) in [6.07, 6.45) is -0.711. The number of hydrogen-bond donors (Lipinski definition) is 2. The fraction of sp³-hybridized carbons (Fsp3) is 0.300. The molecule has 0 aliphatic rings. The van der Waals surface area contributed by atoms with Crippen molar-refractivity contribution in [2.45, 2.75) is 44.7 Å². The summed E-state index contributed by atoms with van der Waals surface area (Å²) in [6.45, 7) is 6.73. The molecule has 2 aromatic carbocycles. The van der Waals surface area contributed by atoms with E-state index in [1.807, 2.05) is 13.8 Å². The van der Waals surface area contributed by atoms with E-state index in [1.54, 1.807) is 25.1 Å². The number of rotatable bonds is 8. The lowest BCUT2D eigenvalue weighted by Crippen LogP contribution is -2.40. The molecule has 0 aliphatic carbocycles. The van der Waals surface area contributed by atoms with Crippen molar-refractivity contribution in [1.82, 2.24) is 5.32 Å². The number of sulfonamides is 1. The molecule has 150 valence electrons. The first-order valence-corrected chi connectivity index (χ1v) is 10.3. The van der Waals surface area contributed by atoms with Crippen molar-refractivity contribution in [3.63, 3.8) is 0 Å². The van der Waals surface area contributed by atoms with Crippen LogP contribution in [-0.2, 0) is 14.8 Å². The number of Topliss-reactive ketones (excluding diaryl/α,β-unsaturated/α-hetero) is 1. The molecule has 0 fully saturated rings. The Bertz CT molecular complexity index is 953. The minimum absolute atomic E-state index is 0.00125. The topological polar surface area (TPSA) is 102 Å². The number of carbonyl (C=O) groups excluding carboxylic acids is 2. The first-order valence-electron chi connectivity index (χ1n) is 8.79. The molecule has 0 radical (unpaired) electrons. The van der Waals surface area contributed by atoms with Crippen LogP contribution in [0.25, 0.3) is 0 Å². The van der Waals surface area contributed by atoms with Gasteiger partial charge in [0.05, 0.1) is 4.90 Å². The van der Waals surface area contributed by atoms with E-state index in [2.05, 4.69) is 10.0 Å². The summed E-state index contributed by atoms with van der Waals surface area (Å²) in [5.74, 6) is -0.0270. The molecule has 2 rings (SSSR count). The average molecular weight is 404 g/mol. The fourth-order valence-electron chi connectivity index (χ4n) is 2.37. The zero-order chi connectivity index (χ0) is 20.9. The predicted octanol–water partition coefficient (Wildman–Crippen LogP) is 2.98. The van der Waals surface area contributed by atoms with Gasteiger partial charge in [-0.05, 0) is 64.1 Å². The number of hydrogen-bond acceptors (Lipinski definition) is 5. The molecule has 0 aliphatic heterocycles. The first-order chi connectivity index (χ1) is 13.1. The van der Waals surface area contributed by atoms with Crippen molar-refractivity contribution >= 4 is 27.4 Å². The second kappa shape index (κ2) is 8.88. The van der Waals surface area contributed by atoms with E-state index in [0.717, 1.165) is 0 Å². The van der Waals surface area contributed by atoms with Crippen molar-refractivity contribution in [3.05, 3.63) is 54.1 Å². The highest BCUT2D eigenvalue weighted by atomic mass is 32.2. The van der Waals surface area contributed by atoms with Gasteiger partial charge in [0.15, 0.2) is 11.9 Å². The Morgan fingerprint density at radius 1 is 1.00 bits per heavy atom. The second-order valence-corrected chi connectivity index (χ2v) is 8.32. The van der Waals surface area contributed by atoms with Crippen LogP contribution in [0, 0.1) is 0 Å². The lowest BCUT2D eigenvalue weighted by molar-refractivity contribution is -0.127. The van der Waals surface area contributed by atoms with E-state index in [0.29, 0.717) is 17.0 Å². The van der Waals surface area contributed by atoms with Crippen LogP contribution < -0.4 is 14.8 Å². The monoisotopic (exact) mass is 404 g/mol. The molecule has 1 atom stereocenters. The Hall–Kier alpha value is -2.87. The van der Waals surface area contributed by atoms with E-state index in [9.17, 15) is 18.0 Å². The van der Waals surface area contributed by atoms with E-state index in [4.69, 9.17) is 4.74 Å². The van der Waals surface area contributed by atoms with Gasteiger partial charge < -0.3 is 10.1 Å². The maximum Gasteiger partial charge on any atom is 0.261 e. The predicted molar refractivity (Wildman–Crippen MR) is 107 cm³/mol. The van der Waals surface area contributed by atoms with E-state index >= 15 is 0 Å². The van der Waals surface area contributed by atoms with Crippen molar-refractivity contribution in [1.29, 1.82) is 0 Å². The lowest BCUT2D eigenvalue weighted by atomic mass is 10.1. The molecule has 2 aromatic rings. The quantitative estimate of drug-likeness (QED) is 0.659. The third kappa shape index (κ3) is 5.82. The summed E-state index contributed by atoms with van der Waals surface area (Å²) < 4.78 is 33.1. The summed E-state index contributed by atoms with van der Waals surface area (Å²) in [5, 5.41) is 2.74. The Labute approximate surface area is 165 Å². The van der Waals surface area contributed by atoms with Crippen LogP contribution in [0.2, 0.25) is 0 Å². The number of ketones is 1. The highest BCUT2D eigenvalue weighted by molar-refractivity contribution is 7.92. The fourth-order valence-corrected chi connectivity index (χ4v) is 3.42. The van der Waals surface area contributed by atoms with E-state index in [-0.39, 0.29) is 22.6 Å². The van der Waals surface area contributed by atoms with Crippen LogP contribution in [0.5, 0.6) is 5.75 Å². The van der Waals surface area contributed by atoms with Crippen molar-refractivity contribution in [2.24, 2.45) is 0 Å². The SMILES string of the molecule is CC(=O)c1cccc(NS(=O)(=O)c2ccc(O[C@@H](C)C(=O)NC(C)C)cc2)c1. The summed E-state index contributed by atoms with van der Waals surface area (Å²) in [4.78, 5) is 23.4. The smallest absolute Gasteiger partial charge is 0.261 e. The van der Waals surface area contributed by atoms with Crippen LogP contribution in [0.4, 0.5) is 5.69 Å². The molecule has 0 aromatic heterocycles. The lowest BCUT2D eigenvalue weighted by Gasteiger charge is -2.16. The Morgan fingerprint density at radius 2 is 1.64 bits per heavy atom. The van der Waals surface area contributed by atoms with Gasteiger partial charge >= 0.3 is 0 Å². The van der Waals surface area contributed by atoms with Gasteiger partial charge in [-0.2, -0.15) is 0 Å². The van der Waals surface area contributed by atoms with Gasteiger partial charge in [0.2, 0.25) is 0 Å². The molecule has 0 saturated heterocycles. The van der Waals surface area contributed by atoms with Gasteiger partial charge in [-0.25, -0.2) is 8.42 Å². The molecule has 0 saturated carbocycles. The van der Waals surface area contributed by atoms with Crippen LogP contribution in [0.15, 0.2) is 53.4 Å². The van der Waals surface area contributed by atoms with Gasteiger partial charge in [-0.3, -0.25) is 14.3 Å². The molecular formula is C20H24N2O5S. The highest BCUT2D eigenvalue weighted by Gasteiger charge is 2.17. The number of anilines is 1. The van der Waals surface area contributed by atoms with Crippen LogP contribution in [0.1, 0.15) is 38.1 Å². The third-order valence-electron chi connectivity index (χ3n) is 3.77. The highest BCUT2D eigenvalue weighted by Crippen LogP contribution is 2.21. The third-order valence-corrected chi connectivity index (χ3v) is 5.17. The van der Waals surface area contributed by atoms with Gasteiger partial charge in [-0.15, -0.1) is 0 Å². The molecule has 0 heterocycles. The zero-order valence-electron chi connectivity index (χ0n) is 16.2. The maximum atomic E-state index is 12.5. The average Bonchev–Trinajstić information content (AvgIpc) is 2.61. The minimum Gasteiger partial charge on any atom is -0.481 e. The van der Waals surface area contributed by atoms with Crippen LogP contribution >= 0.6 is 0 Å². The van der Waals surface area contributed by atoms with Crippen LogP contribution in [0.3, 0.4) is 0 Å². The number of carbonyl (C=O) groups is 2. The molecule has 0 unspecified atom stereocenters. The standard InChI is InChI=1S/C20H24N2O5S/c1-13(2)21-20(24)15(4)27-18-8-10-19(11-9-18)28(25,26)22-17-7-5-6-16(12-17)14(3)23/h5-13,15,22H,1-4H3,(H,21,24)/t15-/m0/s1. The zero-order valence-corrected chi connectivity index (χ0v) is 17.0. The van der Waals surface area contributed by atoms with E-state index < -0.39 is 16.1 Å². The van der Waals surface area contributed by atoms with Gasteiger partial charge in [-0.1, -0.05) is 12.1 Å². The molecule has 8 heteroatoms. The first kappa shape index (κ1) is 21.4. The van der Waals surface area contributed by atoms with Crippen molar-refractivity contribution in [2.75, 3.05) is 4.72 Å². The molecular weight excluding hydrogens is 380 g/mol. The van der Waals surface area contributed by atoms with Gasteiger partial charge in [0.25, 0.3) is 15.9 Å². The van der Waals surface area contributed by atoms with E-state index in [1.165, 1.54) is 37.3 Å². The second-order valence-electron chi connectivity index (χ2n) is 6.64. The number of ether oxygens (including phenoxy) is 1. The van der Waals surface area contributed by atoms with Crippen molar-refractivity contribution in [3.8, 4) is 5.75 Å². The van der Waals surface area contributed by atoms with Gasteiger partial charge in [0.1, 0.15) is 5.75 Å². The summed E-state index contributed by atoms with van der Waals surface area (Å²) >= 11 is 0. The summed E-state index contributed by atoms with van der Waals surface area (Å²) in [6, 6.07) is 12.0. The van der Waals surface area contributed by atoms with Crippen molar-refractivity contribution < 1.29 is 22.7 Å².